The van der Waals surface area contributed by atoms with E-state index in [0.717, 1.165) is 22.3 Å². The minimum absolute atomic E-state index is 0.224. The monoisotopic (exact) mass is 325 g/mol. The lowest BCUT2D eigenvalue weighted by Crippen LogP contribution is -2.01. The summed E-state index contributed by atoms with van der Waals surface area (Å²) in [5.41, 5.74) is 2.14. The summed E-state index contributed by atoms with van der Waals surface area (Å²) in [5.74, 6) is 0.503. The number of aromatic nitrogens is 5. The van der Waals surface area contributed by atoms with Crippen LogP contribution in [-0.2, 0) is 0 Å². The molecule has 0 atom stereocenters. The first kappa shape index (κ1) is 13.8. The van der Waals surface area contributed by atoms with Crippen LogP contribution in [0.4, 0.5) is 4.39 Å². The van der Waals surface area contributed by atoms with Gasteiger partial charge in [-0.1, -0.05) is 18.2 Å². The number of H-pyrrole nitrogens is 1. The van der Waals surface area contributed by atoms with Gasteiger partial charge in [-0.25, -0.2) is 14.1 Å². The normalized spacial score (nSPS) is 11.0. The van der Waals surface area contributed by atoms with Gasteiger partial charge in [0.25, 0.3) is 0 Å². The van der Waals surface area contributed by atoms with Gasteiger partial charge in [0.2, 0.25) is 0 Å². The molecule has 3 heterocycles. The van der Waals surface area contributed by atoms with E-state index >= 15 is 0 Å². The van der Waals surface area contributed by atoms with Crippen LogP contribution in [-0.4, -0.2) is 25.0 Å². The molecule has 0 amide bonds. The van der Waals surface area contributed by atoms with Crippen LogP contribution in [0.15, 0.2) is 48.0 Å². The van der Waals surface area contributed by atoms with E-state index in [-0.39, 0.29) is 5.69 Å². The average Bonchev–Trinajstić information content (AvgIpc) is 3.26. The molecule has 1 aromatic carbocycles. The van der Waals surface area contributed by atoms with Gasteiger partial charge < -0.3 is 0 Å². The first-order chi connectivity index (χ1) is 11.2. The van der Waals surface area contributed by atoms with Gasteiger partial charge in [-0.3, -0.25) is 5.10 Å². The molecule has 0 radical (unpaired) electrons. The van der Waals surface area contributed by atoms with E-state index in [1.54, 1.807) is 4.68 Å². The van der Waals surface area contributed by atoms with Crippen molar-refractivity contribution in [2.45, 2.75) is 6.92 Å². The molecular weight excluding hydrogens is 313 g/mol. The van der Waals surface area contributed by atoms with Crippen molar-refractivity contribution in [3.8, 4) is 27.9 Å². The SMILES string of the molecule is Cc1cccc(-n2nc(-c3cccs3)nc2-c2[nH]ncc2F)c1. The van der Waals surface area contributed by atoms with Gasteiger partial charge >= 0.3 is 0 Å². The summed E-state index contributed by atoms with van der Waals surface area (Å²) < 4.78 is 15.6. The molecular formula is C16H12FN5S. The van der Waals surface area contributed by atoms with Crippen LogP contribution in [0.25, 0.3) is 27.9 Å². The Morgan fingerprint density at radius 3 is 2.83 bits per heavy atom. The Bertz CT molecular complexity index is 955. The van der Waals surface area contributed by atoms with Crippen LogP contribution in [0.2, 0.25) is 0 Å². The zero-order valence-corrected chi connectivity index (χ0v) is 13.0. The fourth-order valence-electron chi connectivity index (χ4n) is 2.35. The number of nitrogens with one attached hydrogen (secondary N) is 1. The van der Waals surface area contributed by atoms with Gasteiger partial charge in [0.15, 0.2) is 17.5 Å². The second-order valence-electron chi connectivity index (χ2n) is 5.08. The molecule has 23 heavy (non-hydrogen) atoms. The zero-order valence-electron chi connectivity index (χ0n) is 12.2. The third-order valence-corrected chi connectivity index (χ3v) is 4.28. The van der Waals surface area contributed by atoms with Crippen molar-refractivity contribution in [2.75, 3.05) is 0 Å². The maximum atomic E-state index is 14.0. The van der Waals surface area contributed by atoms with E-state index in [1.807, 2.05) is 48.7 Å². The number of nitrogens with zero attached hydrogens (tertiary/aromatic N) is 4. The lowest BCUT2D eigenvalue weighted by molar-refractivity contribution is 0.629. The summed E-state index contributed by atoms with van der Waals surface area (Å²) in [4.78, 5) is 5.44. The number of hydrogen-bond acceptors (Lipinski definition) is 4. The molecule has 0 aliphatic heterocycles. The zero-order chi connectivity index (χ0) is 15.8. The molecule has 0 bridgehead atoms. The standard InChI is InChI=1S/C16H12FN5S/c1-10-4-2-5-11(8-10)22-16(14-12(17)9-18-20-14)19-15(21-22)13-6-3-7-23-13/h2-9H,1H3,(H,18,20). The van der Waals surface area contributed by atoms with Crippen molar-refractivity contribution >= 4 is 11.3 Å². The fourth-order valence-corrected chi connectivity index (χ4v) is 3.00. The predicted octanol–water partition coefficient (Wildman–Crippen LogP) is 3.83. The van der Waals surface area contributed by atoms with Gasteiger partial charge in [-0.15, -0.1) is 16.4 Å². The Balaban J connectivity index is 1.94. The topological polar surface area (TPSA) is 59.4 Å². The molecule has 0 unspecified atom stereocenters. The Labute approximate surface area is 135 Å². The Morgan fingerprint density at radius 2 is 2.13 bits per heavy atom. The van der Waals surface area contributed by atoms with Crippen molar-refractivity contribution in [1.82, 2.24) is 25.0 Å². The highest BCUT2D eigenvalue weighted by Crippen LogP contribution is 2.28. The molecule has 0 fully saturated rings. The molecule has 1 N–H and O–H groups in total. The Hall–Kier alpha value is -2.80. The molecule has 4 aromatic rings. The molecule has 0 aliphatic rings. The Kier molecular flexibility index (Phi) is 3.27. The second kappa shape index (κ2) is 5.44. The molecule has 0 saturated carbocycles. The van der Waals surface area contributed by atoms with Gasteiger partial charge in [-0.2, -0.15) is 5.10 Å². The van der Waals surface area contributed by atoms with E-state index in [4.69, 9.17) is 0 Å². The Morgan fingerprint density at radius 1 is 1.22 bits per heavy atom. The van der Waals surface area contributed by atoms with E-state index in [0.29, 0.717) is 11.6 Å². The molecule has 114 valence electrons. The minimum atomic E-state index is -0.455. The highest BCUT2D eigenvalue weighted by molar-refractivity contribution is 7.13. The summed E-state index contributed by atoms with van der Waals surface area (Å²) in [7, 11) is 0. The molecule has 0 spiro atoms. The third-order valence-electron chi connectivity index (χ3n) is 3.41. The maximum Gasteiger partial charge on any atom is 0.192 e. The van der Waals surface area contributed by atoms with E-state index < -0.39 is 5.82 Å². The lowest BCUT2D eigenvalue weighted by Gasteiger charge is -2.05. The smallest absolute Gasteiger partial charge is 0.192 e. The lowest BCUT2D eigenvalue weighted by atomic mass is 10.2. The molecule has 0 aliphatic carbocycles. The predicted molar refractivity (Wildman–Crippen MR) is 86.9 cm³/mol. The largest absolute Gasteiger partial charge is 0.272 e. The molecule has 3 aromatic heterocycles. The number of aryl methyl sites for hydroxylation is 1. The summed E-state index contributed by atoms with van der Waals surface area (Å²) in [5, 5.41) is 12.9. The summed E-state index contributed by atoms with van der Waals surface area (Å²) in [6.45, 7) is 2.00. The van der Waals surface area contributed by atoms with E-state index in [1.165, 1.54) is 11.3 Å². The first-order valence-electron chi connectivity index (χ1n) is 6.99. The van der Waals surface area contributed by atoms with E-state index in [2.05, 4.69) is 20.3 Å². The van der Waals surface area contributed by atoms with Crippen LogP contribution in [0.3, 0.4) is 0 Å². The van der Waals surface area contributed by atoms with Crippen LogP contribution in [0.1, 0.15) is 5.56 Å². The van der Waals surface area contributed by atoms with Gasteiger partial charge in [0, 0.05) is 0 Å². The number of benzene rings is 1. The maximum absolute atomic E-state index is 14.0. The van der Waals surface area contributed by atoms with Gasteiger partial charge in [-0.05, 0) is 36.1 Å². The molecule has 5 nitrogen and oxygen atoms in total. The first-order valence-corrected chi connectivity index (χ1v) is 7.87. The minimum Gasteiger partial charge on any atom is -0.272 e. The summed E-state index contributed by atoms with van der Waals surface area (Å²) in [6.07, 6.45) is 1.13. The number of thiophene rings is 1. The van der Waals surface area contributed by atoms with Crippen molar-refractivity contribution in [2.24, 2.45) is 0 Å². The van der Waals surface area contributed by atoms with Crippen molar-refractivity contribution in [3.05, 3.63) is 59.4 Å². The van der Waals surface area contributed by atoms with Crippen LogP contribution >= 0.6 is 11.3 Å². The summed E-state index contributed by atoms with van der Waals surface area (Å²) in [6, 6.07) is 11.7. The van der Waals surface area contributed by atoms with Crippen LogP contribution in [0, 0.1) is 12.7 Å². The second-order valence-corrected chi connectivity index (χ2v) is 6.03. The van der Waals surface area contributed by atoms with E-state index in [9.17, 15) is 4.39 Å². The third kappa shape index (κ3) is 2.44. The van der Waals surface area contributed by atoms with Crippen LogP contribution in [0.5, 0.6) is 0 Å². The molecule has 0 saturated heterocycles. The van der Waals surface area contributed by atoms with Crippen molar-refractivity contribution in [1.29, 1.82) is 0 Å². The average molecular weight is 325 g/mol. The number of rotatable bonds is 3. The van der Waals surface area contributed by atoms with Gasteiger partial charge in [0.05, 0.1) is 16.8 Å². The quantitative estimate of drug-likeness (QED) is 0.623. The van der Waals surface area contributed by atoms with Gasteiger partial charge in [0.1, 0.15) is 5.69 Å². The number of halogens is 1. The van der Waals surface area contributed by atoms with Crippen molar-refractivity contribution in [3.63, 3.8) is 0 Å². The summed E-state index contributed by atoms with van der Waals surface area (Å²) >= 11 is 1.54. The van der Waals surface area contributed by atoms with Crippen LogP contribution < -0.4 is 0 Å². The number of aromatic amines is 1. The number of hydrogen-bond donors (Lipinski definition) is 1. The highest BCUT2D eigenvalue weighted by atomic mass is 32.1. The fraction of sp³-hybridized carbons (Fsp3) is 0.0625. The molecule has 7 heteroatoms. The van der Waals surface area contributed by atoms with Crippen molar-refractivity contribution < 1.29 is 4.39 Å². The highest BCUT2D eigenvalue weighted by Gasteiger charge is 2.19. The molecule has 4 rings (SSSR count).